The van der Waals surface area contributed by atoms with Crippen molar-refractivity contribution in [3.8, 4) is 0 Å². The molecule has 0 atom stereocenters. The molecule has 0 aliphatic carbocycles. The van der Waals surface area contributed by atoms with E-state index in [1.807, 2.05) is 0 Å². The summed E-state index contributed by atoms with van der Waals surface area (Å²) in [6, 6.07) is 0. The van der Waals surface area contributed by atoms with Gasteiger partial charge < -0.3 is 40.0 Å². The Labute approximate surface area is 182 Å². The molecule has 147 valence electrons. The molecule has 0 aliphatic rings. The summed E-state index contributed by atoms with van der Waals surface area (Å²) in [6.07, 6.45) is -2.29. The first kappa shape index (κ1) is 36.6. The van der Waals surface area contributed by atoms with Crippen molar-refractivity contribution in [2.45, 2.75) is 18.4 Å². The van der Waals surface area contributed by atoms with Crippen LogP contribution in [0.1, 0.15) is 12.8 Å². The van der Waals surface area contributed by atoms with Gasteiger partial charge in [-0.25, -0.2) is 13.9 Å². The summed E-state index contributed by atoms with van der Waals surface area (Å²) < 4.78 is 22.2. The van der Waals surface area contributed by atoms with Crippen molar-refractivity contribution in [1.82, 2.24) is 0 Å². The van der Waals surface area contributed by atoms with E-state index < -0.39 is 52.0 Å². The molecule has 0 saturated heterocycles. The van der Waals surface area contributed by atoms with Crippen LogP contribution in [0.4, 0.5) is 0 Å². The van der Waals surface area contributed by atoms with E-state index in [0.717, 1.165) is 0 Å². The zero-order valence-electron chi connectivity index (χ0n) is 12.0. The van der Waals surface area contributed by atoms with Gasteiger partial charge in [0, 0.05) is 63.7 Å². The van der Waals surface area contributed by atoms with E-state index in [4.69, 9.17) is 40.0 Å². The molecule has 25 heavy (non-hydrogen) atoms. The normalized spacial score (nSPS) is 10.6. The molecule has 0 aliphatic heterocycles. The van der Waals surface area contributed by atoms with E-state index in [1.165, 1.54) is 0 Å². The summed E-state index contributed by atoms with van der Waals surface area (Å²) >= 11 is 0. The van der Waals surface area contributed by atoms with Crippen LogP contribution in [0, 0.1) is 0 Å². The van der Waals surface area contributed by atoms with Gasteiger partial charge in [0.25, 0.3) is 0 Å². The monoisotopic (exact) mass is 505 g/mol. The molecule has 0 rings (SSSR count). The summed E-state index contributed by atoms with van der Waals surface area (Å²) in [5.74, 6) is -5.02. The van der Waals surface area contributed by atoms with Gasteiger partial charge in [0.15, 0.2) is 5.60 Å². The fraction of sp³-hybridized carbons (Fsp3) is 0.500. The van der Waals surface area contributed by atoms with E-state index in [-0.39, 0.29) is 63.7 Å². The minimum Gasteiger partial charge on any atom is -0.481 e. The first-order chi connectivity index (χ1) is 9.48. The summed E-state index contributed by atoms with van der Waals surface area (Å²) in [5, 5.41) is 33.8. The Morgan fingerprint density at radius 2 is 1.04 bits per heavy atom. The van der Waals surface area contributed by atoms with Crippen molar-refractivity contribution in [3.05, 3.63) is 0 Å². The number of aliphatic hydroxyl groups is 1. The molecule has 19 heteroatoms. The van der Waals surface area contributed by atoms with E-state index in [9.17, 15) is 23.5 Å². The van der Waals surface area contributed by atoms with Crippen LogP contribution >= 0.6 is 15.6 Å². The van der Waals surface area contributed by atoms with E-state index >= 15 is 0 Å². The van der Waals surface area contributed by atoms with Crippen molar-refractivity contribution in [3.63, 3.8) is 0 Å². The molecule has 0 amide bonds. The predicted octanol–water partition coefficient (Wildman–Crippen LogP) is -2.45. The molecular formula is C6H12Fe2NaO14P2. The molecule has 14 nitrogen and oxygen atoms in total. The molecule has 0 aromatic heterocycles. The Kier molecular flexibility index (Phi) is 21.5. The summed E-state index contributed by atoms with van der Waals surface area (Å²) in [5.41, 5.74) is -2.74. The second-order valence-corrected chi connectivity index (χ2v) is 6.16. The maximum absolute atomic E-state index is 10.3. The third-order valence-electron chi connectivity index (χ3n) is 1.50. The summed E-state index contributed by atoms with van der Waals surface area (Å²) in [7, 11) is -10.1. The number of hydrogen-bond acceptors (Lipinski definition) is 7. The zero-order valence-corrected chi connectivity index (χ0v) is 18.0. The van der Waals surface area contributed by atoms with Crippen LogP contribution in [-0.2, 0) is 62.0 Å². The van der Waals surface area contributed by atoms with Gasteiger partial charge in [0.1, 0.15) is 0 Å². The van der Waals surface area contributed by atoms with Crippen molar-refractivity contribution in [2.24, 2.45) is 0 Å². The van der Waals surface area contributed by atoms with Crippen LogP contribution in [0.25, 0.3) is 0 Å². The van der Waals surface area contributed by atoms with E-state index in [2.05, 4.69) is 4.31 Å². The zero-order chi connectivity index (χ0) is 18.4. The summed E-state index contributed by atoms with van der Waals surface area (Å²) in [6.45, 7) is 0. The Morgan fingerprint density at radius 1 is 0.800 bits per heavy atom. The number of aliphatic carboxylic acids is 3. The van der Waals surface area contributed by atoms with Crippen molar-refractivity contribution >= 4 is 63.1 Å². The maximum atomic E-state index is 10.3. The fourth-order valence-electron chi connectivity index (χ4n) is 0.853. The Bertz CT molecular complexity index is 491. The Hall–Kier alpha value is 0.669. The minimum atomic E-state index is -5.05. The van der Waals surface area contributed by atoms with Gasteiger partial charge in [-0.05, 0) is 0 Å². The van der Waals surface area contributed by atoms with Gasteiger partial charge in [-0.3, -0.25) is 9.59 Å². The first-order valence-electron chi connectivity index (χ1n) is 4.70. The molecule has 0 spiro atoms. The number of carbonyl (C=O) groups is 3. The topological polar surface area (TPSA) is 256 Å². The molecule has 0 heterocycles. The second-order valence-electron chi connectivity index (χ2n) is 3.54. The average molecular weight is 505 g/mol. The molecule has 0 aromatic rings. The van der Waals surface area contributed by atoms with Crippen LogP contribution in [0.3, 0.4) is 0 Å². The van der Waals surface area contributed by atoms with Gasteiger partial charge in [-0.1, -0.05) is 0 Å². The third-order valence-corrected chi connectivity index (χ3v) is 3.20. The van der Waals surface area contributed by atoms with Gasteiger partial charge >= 0.3 is 33.6 Å². The van der Waals surface area contributed by atoms with Gasteiger partial charge in [0.05, 0.1) is 12.8 Å². The number of carboxylic acid groups (broad SMARTS) is 3. The standard InChI is InChI=1S/C6H8O7.2Fe.Na.H4O7P2/c7-3(8)1-6(13,5(11)12)2-4(9)10;;;;1-8(2,3)7-9(4,5)6/h13H,1-2H2,(H,7,8)(H,9,10)(H,11,12);;;;(H2,1,2,3)(H2,4,5,6). The van der Waals surface area contributed by atoms with Crippen LogP contribution in [-0.4, -0.2) is 93.1 Å². The largest absolute Gasteiger partial charge is 0.481 e. The van der Waals surface area contributed by atoms with Gasteiger partial charge in [-0.2, -0.15) is 4.31 Å². The van der Waals surface area contributed by atoms with Gasteiger partial charge in [0.2, 0.25) is 0 Å². The maximum Gasteiger partial charge on any atom is 0.478 e. The molecule has 8 N–H and O–H groups in total. The predicted molar refractivity (Wildman–Crippen MR) is 68.0 cm³/mol. The van der Waals surface area contributed by atoms with Crippen LogP contribution < -0.4 is 0 Å². The van der Waals surface area contributed by atoms with E-state index in [0.29, 0.717) is 0 Å². The first-order valence-corrected chi connectivity index (χ1v) is 7.76. The molecular weight excluding hydrogens is 493 g/mol. The van der Waals surface area contributed by atoms with Crippen molar-refractivity contribution < 1.29 is 102 Å². The smallest absolute Gasteiger partial charge is 0.478 e. The number of carboxylic acids is 3. The van der Waals surface area contributed by atoms with Crippen LogP contribution in [0.5, 0.6) is 0 Å². The van der Waals surface area contributed by atoms with Crippen LogP contribution in [0.2, 0.25) is 0 Å². The van der Waals surface area contributed by atoms with Crippen molar-refractivity contribution in [2.75, 3.05) is 0 Å². The molecule has 0 fully saturated rings. The molecule has 1 radical (unpaired) electrons. The summed E-state index contributed by atoms with van der Waals surface area (Å²) in [4.78, 5) is 61.5. The SMILES string of the molecule is O=C(O)CC(O)(CC(=O)O)C(=O)O.O=P(O)(O)OP(=O)(O)O.[Fe].[Fe].[Na]. The number of rotatable bonds is 7. The third kappa shape index (κ3) is 24.7. The Morgan fingerprint density at radius 3 is 1.12 bits per heavy atom. The molecule has 0 bridgehead atoms. The average Bonchev–Trinajstić information content (AvgIpc) is 2.08. The molecule has 0 saturated carbocycles. The van der Waals surface area contributed by atoms with Gasteiger partial charge in [-0.15, -0.1) is 0 Å². The molecule has 0 aromatic carbocycles. The number of phosphoric acid groups is 2. The van der Waals surface area contributed by atoms with Crippen LogP contribution in [0.15, 0.2) is 0 Å². The fourth-order valence-corrected chi connectivity index (χ4v) is 1.96. The molecule has 0 unspecified atom stereocenters. The van der Waals surface area contributed by atoms with Crippen molar-refractivity contribution in [1.29, 1.82) is 0 Å². The quantitative estimate of drug-likeness (QED) is 0.132. The Balaban J connectivity index is -0.0000001000. The van der Waals surface area contributed by atoms with E-state index in [1.54, 1.807) is 0 Å². The second kappa shape index (κ2) is 14.7. The minimum absolute atomic E-state index is 0. The number of hydrogen-bond donors (Lipinski definition) is 8.